The van der Waals surface area contributed by atoms with Crippen LogP contribution in [0.5, 0.6) is 0 Å². The number of thiazole rings is 1. The third kappa shape index (κ3) is 4.83. The quantitative estimate of drug-likeness (QED) is 0.807. The van der Waals surface area contributed by atoms with Crippen LogP contribution in [0.15, 0.2) is 5.38 Å². The number of aromatic nitrogens is 1. The molecule has 0 fully saturated rings. The maximum absolute atomic E-state index is 12.0. The number of carboxylic acid groups (broad SMARTS) is 1. The van der Waals surface area contributed by atoms with Crippen LogP contribution >= 0.6 is 23.1 Å². The molecule has 1 aromatic rings. The van der Waals surface area contributed by atoms with Crippen LogP contribution in [-0.4, -0.2) is 33.0 Å². The summed E-state index contributed by atoms with van der Waals surface area (Å²) in [5, 5.41) is 13.6. The van der Waals surface area contributed by atoms with Crippen molar-refractivity contribution in [1.82, 2.24) is 10.3 Å². The highest BCUT2D eigenvalue weighted by Crippen LogP contribution is 2.19. The first-order chi connectivity index (χ1) is 8.95. The number of nitrogens with one attached hydrogen (secondary N) is 1. The molecule has 0 bridgehead atoms. The summed E-state index contributed by atoms with van der Waals surface area (Å²) in [7, 11) is 0. The smallest absolute Gasteiger partial charge is 0.355 e. The van der Waals surface area contributed by atoms with E-state index >= 15 is 0 Å². The molecular weight excluding hydrogens is 284 g/mol. The fourth-order valence-electron chi connectivity index (χ4n) is 1.50. The van der Waals surface area contributed by atoms with Gasteiger partial charge in [-0.1, -0.05) is 20.8 Å². The maximum Gasteiger partial charge on any atom is 0.355 e. The van der Waals surface area contributed by atoms with Crippen molar-refractivity contribution in [3.05, 3.63) is 16.1 Å². The zero-order chi connectivity index (χ0) is 14.4. The first-order valence-electron chi connectivity index (χ1n) is 6.02. The molecule has 0 saturated carbocycles. The Kier molecular flexibility index (Phi) is 6.30. The minimum Gasteiger partial charge on any atom is -0.476 e. The Morgan fingerprint density at radius 1 is 1.53 bits per heavy atom. The molecular formula is C12H18N2O3S2. The zero-order valence-electron chi connectivity index (χ0n) is 11.2. The fourth-order valence-corrected chi connectivity index (χ4v) is 3.19. The van der Waals surface area contributed by atoms with Gasteiger partial charge in [0.15, 0.2) is 5.69 Å². The lowest BCUT2D eigenvalue weighted by Gasteiger charge is -2.18. The molecule has 0 saturated heterocycles. The van der Waals surface area contributed by atoms with Gasteiger partial charge in [-0.3, -0.25) is 4.79 Å². The largest absolute Gasteiger partial charge is 0.476 e. The molecule has 1 aromatic heterocycles. The number of nitrogens with zero attached hydrogens (tertiary/aromatic N) is 1. The van der Waals surface area contributed by atoms with E-state index in [1.165, 1.54) is 16.7 Å². The molecule has 1 atom stereocenters. The highest BCUT2D eigenvalue weighted by atomic mass is 32.2. The average molecular weight is 302 g/mol. The predicted octanol–water partition coefficient (Wildman–Crippen LogP) is 2.24. The summed E-state index contributed by atoms with van der Waals surface area (Å²) >= 11 is 2.85. The van der Waals surface area contributed by atoms with E-state index in [1.54, 1.807) is 11.8 Å². The molecule has 0 aliphatic rings. The summed E-state index contributed by atoms with van der Waals surface area (Å²) in [5.41, 5.74) is 0.0255. The van der Waals surface area contributed by atoms with Gasteiger partial charge in [0, 0.05) is 5.38 Å². The lowest BCUT2D eigenvalue weighted by molar-refractivity contribution is -0.121. The number of carboxylic acids is 1. The molecule has 1 amide bonds. The minimum absolute atomic E-state index is 0.0195. The van der Waals surface area contributed by atoms with Gasteiger partial charge in [0.05, 0.1) is 11.8 Å². The molecule has 1 heterocycles. The molecule has 0 aliphatic carbocycles. The Hall–Kier alpha value is -1.08. The zero-order valence-corrected chi connectivity index (χ0v) is 12.8. The molecule has 1 rings (SSSR count). The van der Waals surface area contributed by atoms with Crippen LogP contribution in [-0.2, 0) is 11.3 Å². The van der Waals surface area contributed by atoms with Crippen molar-refractivity contribution in [2.24, 2.45) is 5.92 Å². The number of amides is 1. The summed E-state index contributed by atoms with van der Waals surface area (Å²) in [5.74, 6) is 0.0802. The topological polar surface area (TPSA) is 79.3 Å². The van der Waals surface area contributed by atoms with Crippen LogP contribution < -0.4 is 5.32 Å². The second-order valence-electron chi connectivity index (χ2n) is 4.27. The van der Waals surface area contributed by atoms with Gasteiger partial charge in [-0.25, -0.2) is 9.78 Å². The molecule has 0 spiro atoms. The van der Waals surface area contributed by atoms with Crippen LogP contribution in [0.2, 0.25) is 0 Å². The standard InChI is InChI=1S/C12H18N2O3S2/c1-4-18-10(7(2)3)11(15)13-5-9-14-8(6-19-9)12(16)17/h6-7,10H,4-5H2,1-3H3,(H,13,15)(H,16,17). The van der Waals surface area contributed by atoms with Gasteiger partial charge in [0.2, 0.25) is 5.91 Å². The van der Waals surface area contributed by atoms with Crippen LogP contribution in [0.25, 0.3) is 0 Å². The van der Waals surface area contributed by atoms with Crippen LogP contribution in [0.4, 0.5) is 0 Å². The first-order valence-corrected chi connectivity index (χ1v) is 7.95. The summed E-state index contributed by atoms with van der Waals surface area (Å²) in [4.78, 5) is 26.6. The molecule has 0 aromatic carbocycles. The van der Waals surface area contributed by atoms with Crippen LogP contribution in [0.1, 0.15) is 36.3 Å². The molecule has 0 aliphatic heterocycles. The molecule has 0 radical (unpaired) electrons. The third-order valence-corrected chi connectivity index (χ3v) is 4.69. The highest BCUT2D eigenvalue weighted by molar-refractivity contribution is 8.00. The van der Waals surface area contributed by atoms with E-state index in [0.717, 1.165) is 5.75 Å². The van der Waals surface area contributed by atoms with E-state index in [0.29, 0.717) is 5.01 Å². The summed E-state index contributed by atoms with van der Waals surface area (Å²) < 4.78 is 0. The number of hydrogen-bond donors (Lipinski definition) is 2. The minimum atomic E-state index is -1.05. The van der Waals surface area contributed by atoms with Gasteiger partial charge in [0.25, 0.3) is 0 Å². The van der Waals surface area contributed by atoms with Gasteiger partial charge in [0.1, 0.15) is 5.01 Å². The van der Waals surface area contributed by atoms with Crippen molar-refractivity contribution < 1.29 is 14.7 Å². The van der Waals surface area contributed by atoms with Gasteiger partial charge < -0.3 is 10.4 Å². The SMILES string of the molecule is CCSC(C(=O)NCc1nc(C(=O)O)cs1)C(C)C. The van der Waals surface area contributed by atoms with Crippen molar-refractivity contribution in [2.75, 3.05) is 5.75 Å². The molecule has 2 N–H and O–H groups in total. The number of hydrogen-bond acceptors (Lipinski definition) is 5. The number of aromatic carboxylic acids is 1. The third-order valence-electron chi connectivity index (χ3n) is 2.39. The molecule has 1 unspecified atom stereocenters. The average Bonchev–Trinajstić information content (AvgIpc) is 2.81. The number of carbonyl (C=O) groups excluding carboxylic acids is 1. The first kappa shape index (κ1) is 16.0. The monoisotopic (exact) mass is 302 g/mol. The maximum atomic E-state index is 12.0. The lowest BCUT2D eigenvalue weighted by Crippen LogP contribution is -2.35. The summed E-state index contributed by atoms with van der Waals surface area (Å²) in [6.45, 7) is 6.33. The summed E-state index contributed by atoms with van der Waals surface area (Å²) in [6.07, 6.45) is 0. The molecule has 106 valence electrons. The van der Waals surface area contributed by atoms with E-state index in [-0.39, 0.29) is 29.3 Å². The Morgan fingerprint density at radius 3 is 2.68 bits per heavy atom. The van der Waals surface area contributed by atoms with Crippen molar-refractivity contribution in [1.29, 1.82) is 0 Å². The Balaban J connectivity index is 2.54. The molecule has 5 nitrogen and oxygen atoms in total. The van der Waals surface area contributed by atoms with Crippen molar-refractivity contribution in [2.45, 2.75) is 32.6 Å². The van der Waals surface area contributed by atoms with E-state index in [1.807, 2.05) is 20.8 Å². The lowest BCUT2D eigenvalue weighted by atomic mass is 10.1. The van der Waals surface area contributed by atoms with E-state index in [9.17, 15) is 9.59 Å². The van der Waals surface area contributed by atoms with Crippen molar-refractivity contribution in [3.8, 4) is 0 Å². The normalized spacial score (nSPS) is 12.4. The van der Waals surface area contributed by atoms with E-state index in [2.05, 4.69) is 10.3 Å². The second-order valence-corrected chi connectivity index (χ2v) is 6.63. The van der Waals surface area contributed by atoms with Gasteiger partial charge in [-0.2, -0.15) is 0 Å². The fraction of sp³-hybridized carbons (Fsp3) is 0.583. The van der Waals surface area contributed by atoms with Crippen LogP contribution in [0, 0.1) is 5.92 Å². The number of thioether (sulfide) groups is 1. The molecule has 19 heavy (non-hydrogen) atoms. The summed E-state index contributed by atoms with van der Waals surface area (Å²) in [6, 6.07) is 0. The Labute approximate surface area is 120 Å². The molecule has 7 heteroatoms. The predicted molar refractivity (Wildman–Crippen MR) is 77.7 cm³/mol. The van der Waals surface area contributed by atoms with Gasteiger partial charge in [-0.15, -0.1) is 23.1 Å². The van der Waals surface area contributed by atoms with Gasteiger partial charge in [-0.05, 0) is 11.7 Å². The van der Waals surface area contributed by atoms with E-state index in [4.69, 9.17) is 5.11 Å². The second kappa shape index (κ2) is 7.49. The van der Waals surface area contributed by atoms with E-state index < -0.39 is 5.97 Å². The number of carbonyl (C=O) groups is 2. The van der Waals surface area contributed by atoms with Gasteiger partial charge >= 0.3 is 5.97 Å². The highest BCUT2D eigenvalue weighted by Gasteiger charge is 2.21. The van der Waals surface area contributed by atoms with Crippen molar-refractivity contribution in [3.63, 3.8) is 0 Å². The Bertz CT molecular complexity index is 446. The Morgan fingerprint density at radius 2 is 2.21 bits per heavy atom. The number of rotatable bonds is 7. The van der Waals surface area contributed by atoms with Crippen molar-refractivity contribution >= 4 is 35.0 Å². The van der Waals surface area contributed by atoms with Crippen LogP contribution in [0.3, 0.4) is 0 Å².